The summed E-state index contributed by atoms with van der Waals surface area (Å²) in [6.45, 7) is 0.743. The predicted molar refractivity (Wildman–Crippen MR) is 87.4 cm³/mol. The van der Waals surface area contributed by atoms with Crippen LogP contribution in [0.2, 0.25) is 0 Å². The van der Waals surface area contributed by atoms with E-state index in [1.165, 1.54) is 6.07 Å². The highest BCUT2D eigenvalue weighted by Gasteiger charge is 2.15. The van der Waals surface area contributed by atoms with Gasteiger partial charge in [-0.3, -0.25) is 9.67 Å². The molecule has 118 valence electrons. The largest absolute Gasteiger partial charge is 0.306 e. The van der Waals surface area contributed by atoms with Gasteiger partial charge in [0.15, 0.2) is 0 Å². The highest BCUT2D eigenvalue weighted by atomic mass is 19.1. The van der Waals surface area contributed by atoms with Crippen LogP contribution < -0.4 is 5.32 Å². The maximum absolute atomic E-state index is 13.6. The fourth-order valence-electron chi connectivity index (χ4n) is 2.59. The van der Waals surface area contributed by atoms with Crippen LogP contribution in [0.1, 0.15) is 22.9 Å². The second-order valence-corrected chi connectivity index (χ2v) is 5.46. The topological polar surface area (TPSA) is 42.7 Å². The quantitative estimate of drug-likeness (QED) is 0.761. The van der Waals surface area contributed by atoms with E-state index in [9.17, 15) is 4.39 Å². The van der Waals surface area contributed by atoms with Crippen molar-refractivity contribution in [3.8, 4) is 0 Å². The summed E-state index contributed by atoms with van der Waals surface area (Å²) in [4.78, 5) is 4.32. The summed E-state index contributed by atoms with van der Waals surface area (Å²) in [6, 6.07) is 12.5. The number of pyridine rings is 1. The van der Waals surface area contributed by atoms with Crippen LogP contribution in [-0.2, 0) is 13.5 Å². The molecule has 4 nitrogen and oxygen atoms in total. The van der Waals surface area contributed by atoms with Gasteiger partial charge in [0.05, 0.1) is 12.2 Å². The molecule has 1 aromatic carbocycles. The zero-order chi connectivity index (χ0) is 16.1. The second-order valence-electron chi connectivity index (χ2n) is 5.46. The van der Waals surface area contributed by atoms with Crippen molar-refractivity contribution in [1.29, 1.82) is 0 Å². The van der Waals surface area contributed by atoms with Crippen molar-refractivity contribution in [2.45, 2.75) is 12.5 Å². The first kappa shape index (κ1) is 15.4. The zero-order valence-corrected chi connectivity index (χ0v) is 13.0. The van der Waals surface area contributed by atoms with E-state index in [-0.39, 0.29) is 11.9 Å². The van der Waals surface area contributed by atoms with Gasteiger partial charge >= 0.3 is 0 Å². The number of nitrogens with zero attached hydrogens (tertiary/aromatic N) is 3. The Morgan fingerprint density at radius 1 is 1.17 bits per heavy atom. The van der Waals surface area contributed by atoms with E-state index in [1.807, 2.05) is 43.7 Å². The van der Waals surface area contributed by atoms with Crippen LogP contribution >= 0.6 is 0 Å². The number of nitrogens with one attached hydrogen (secondary N) is 1. The molecule has 0 bridgehead atoms. The molecule has 1 N–H and O–H groups in total. The van der Waals surface area contributed by atoms with Crippen molar-refractivity contribution in [3.05, 3.63) is 83.7 Å². The monoisotopic (exact) mass is 310 g/mol. The number of rotatable bonds is 6. The number of halogens is 1. The normalized spacial score (nSPS) is 12.3. The van der Waals surface area contributed by atoms with Crippen LogP contribution in [0.25, 0.3) is 0 Å². The molecule has 0 unspecified atom stereocenters. The summed E-state index contributed by atoms with van der Waals surface area (Å²) in [5, 5.41) is 7.70. The average molecular weight is 310 g/mol. The van der Waals surface area contributed by atoms with Gasteiger partial charge < -0.3 is 5.32 Å². The van der Waals surface area contributed by atoms with Crippen LogP contribution in [0.5, 0.6) is 0 Å². The SMILES string of the molecule is Cn1cc([C@H](NCCc2ccccn2)c2cccc(F)c2)cn1. The van der Waals surface area contributed by atoms with Gasteiger partial charge in [-0.1, -0.05) is 18.2 Å². The third-order valence-electron chi connectivity index (χ3n) is 3.70. The first-order valence-corrected chi connectivity index (χ1v) is 7.59. The first-order chi connectivity index (χ1) is 11.2. The van der Waals surface area contributed by atoms with Gasteiger partial charge in [0.25, 0.3) is 0 Å². The van der Waals surface area contributed by atoms with Crippen molar-refractivity contribution in [2.75, 3.05) is 6.54 Å². The summed E-state index contributed by atoms with van der Waals surface area (Å²) >= 11 is 0. The zero-order valence-electron chi connectivity index (χ0n) is 13.0. The molecule has 0 aliphatic carbocycles. The summed E-state index contributed by atoms with van der Waals surface area (Å²) in [5.74, 6) is -0.233. The summed E-state index contributed by atoms with van der Waals surface area (Å²) in [6.07, 6.45) is 6.36. The van der Waals surface area contributed by atoms with Gasteiger partial charge in [0, 0.05) is 43.7 Å². The lowest BCUT2D eigenvalue weighted by Gasteiger charge is -2.18. The maximum Gasteiger partial charge on any atom is 0.123 e. The summed E-state index contributed by atoms with van der Waals surface area (Å²) < 4.78 is 15.3. The molecule has 1 atom stereocenters. The van der Waals surface area contributed by atoms with Crippen molar-refractivity contribution < 1.29 is 4.39 Å². The Labute approximate surface area is 135 Å². The molecule has 0 fully saturated rings. The number of aromatic nitrogens is 3. The van der Waals surface area contributed by atoms with Gasteiger partial charge in [-0.25, -0.2) is 4.39 Å². The minimum absolute atomic E-state index is 0.0943. The summed E-state index contributed by atoms with van der Waals surface area (Å²) in [7, 11) is 1.88. The fraction of sp³-hybridized carbons (Fsp3) is 0.222. The fourth-order valence-corrected chi connectivity index (χ4v) is 2.59. The molecular weight excluding hydrogens is 291 g/mol. The number of hydrogen-bond acceptors (Lipinski definition) is 3. The lowest BCUT2D eigenvalue weighted by Crippen LogP contribution is -2.24. The van der Waals surface area contributed by atoms with E-state index in [0.29, 0.717) is 0 Å². The molecule has 3 aromatic rings. The van der Waals surface area contributed by atoms with Crippen LogP contribution in [0, 0.1) is 5.82 Å². The maximum atomic E-state index is 13.6. The predicted octanol–water partition coefficient (Wildman–Crippen LogP) is 2.88. The van der Waals surface area contributed by atoms with Crippen molar-refractivity contribution in [2.24, 2.45) is 7.05 Å². The van der Waals surface area contributed by atoms with E-state index in [2.05, 4.69) is 15.4 Å². The Morgan fingerprint density at radius 3 is 2.78 bits per heavy atom. The number of hydrogen-bond donors (Lipinski definition) is 1. The molecule has 0 radical (unpaired) electrons. The third-order valence-corrected chi connectivity index (χ3v) is 3.70. The van der Waals surface area contributed by atoms with E-state index < -0.39 is 0 Å². The Balaban J connectivity index is 1.75. The molecule has 5 heteroatoms. The third kappa shape index (κ3) is 4.02. The molecule has 3 rings (SSSR count). The lowest BCUT2D eigenvalue weighted by atomic mass is 10.0. The van der Waals surface area contributed by atoms with Gasteiger partial charge in [0.2, 0.25) is 0 Å². The van der Waals surface area contributed by atoms with Gasteiger partial charge in [-0.05, 0) is 29.8 Å². The van der Waals surface area contributed by atoms with Crippen molar-refractivity contribution >= 4 is 0 Å². The second kappa shape index (κ2) is 7.15. The molecule has 0 saturated carbocycles. The van der Waals surface area contributed by atoms with Gasteiger partial charge in [0.1, 0.15) is 5.82 Å². The highest BCUT2D eigenvalue weighted by Crippen LogP contribution is 2.22. The molecule has 0 aliphatic rings. The molecule has 0 amide bonds. The minimum Gasteiger partial charge on any atom is -0.306 e. The molecule has 2 heterocycles. The van der Waals surface area contributed by atoms with E-state index in [4.69, 9.17) is 0 Å². The molecule has 2 aromatic heterocycles. The Morgan fingerprint density at radius 2 is 2.09 bits per heavy atom. The summed E-state index contributed by atoms with van der Waals surface area (Å²) in [5.41, 5.74) is 2.93. The van der Waals surface area contributed by atoms with E-state index in [0.717, 1.165) is 29.8 Å². The Hall–Kier alpha value is -2.53. The van der Waals surface area contributed by atoms with Gasteiger partial charge in [-0.2, -0.15) is 5.10 Å². The number of aryl methyl sites for hydroxylation is 1. The highest BCUT2D eigenvalue weighted by molar-refractivity contribution is 5.29. The average Bonchev–Trinajstić information content (AvgIpc) is 2.99. The van der Waals surface area contributed by atoms with E-state index in [1.54, 1.807) is 23.0 Å². The molecule has 0 spiro atoms. The van der Waals surface area contributed by atoms with Crippen molar-refractivity contribution in [1.82, 2.24) is 20.1 Å². The van der Waals surface area contributed by atoms with Crippen LogP contribution in [0.4, 0.5) is 4.39 Å². The van der Waals surface area contributed by atoms with E-state index >= 15 is 0 Å². The van der Waals surface area contributed by atoms with Crippen LogP contribution in [0.15, 0.2) is 61.1 Å². The van der Waals surface area contributed by atoms with Crippen LogP contribution in [-0.4, -0.2) is 21.3 Å². The molecular formula is C18H19FN4. The standard InChI is InChI=1S/C18H19FN4/c1-23-13-15(12-22-23)18(14-5-4-6-16(19)11-14)21-10-8-17-7-2-3-9-20-17/h2-7,9,11-13,18,21H,8,10H2,1H3/t18-/m1/s1. The molecule has 0 aliphatic heterocycles. The number of benzene rings is 1. The lowest BCUT2D eigenvalue weighted by molar-refractivity contribution is 0.587. The minimum atomic E-state index is -0.233. The van der Waals surface area contributed by atoms with Crippen molar-refractivity contribution in [3.63, 3.8) is 0 Å². The molecule has 23 heavy (non-hydrogen) atoms. The molecule has 0 saturated heterocycles. The smallest absolute Gasteiger partial charge is 0.123 e. The van der Waals surface area contributed by atoms with Crippen LogP contribution in [0.3, 0.4) is 0 Å². The first-order valence-electron chi connectivity index (χ1n) is 7.59. The Kier molecular flexibility index (Phi) is 4.78. The Bertz CT molecular complexity index is 754. The van der Waals surface area contributed by atoms with Gasteiger partial charge in [-0.15, -0.1) is 0 Å².